The summed E-state index contributed by atoms with van der Waals surface area (Å²) in [6.45, 7) is 4.02. The summed E-state index contributed by atoms with van der Waals surface area (Å²) >= 11 is 11.8. The van der Waals surface area contributed by atoms with E-state index >= 15 is 0 Å². The van der Waals surface area contributed by atoms with E-state index in [4.69, 9.17) is 32.7 Å². The summed E-state index contributed by atoms with van der Waals surface area (Å²) in [4.78, 5) is 23.9. The Balaban J connectivity index is 1.81. The van der Waals surface area contributed by atoms with E-state index in [1.807, 2.05) is 31.2 Å². The number of nitrogens with one attached hydrogen (secondary N) is 2. The van der Waals surface area contributed by atoms with E-state index in [9.17, 15) is 9.59 Å². The fourth-order valence-electron chi connectivity index (χ4n) is 2.09. The van der Waals surface area contributed by atoms with Crippen molar-refractivity contribution >= 4 is 41.1 Å². The van der Waals surface area contributed by atoms with Gasteiger partial charge in [0.15, 0.2) is 6.10 Å². The van der Waals surface area contributed by atoms with Crippen LogP contribution in [0.1, 0.15) is 19.4 Å². The number of ether oxygens (including phenoxy) is 2. The Bertz CT molecular complexity index is 854. The van der Waals surface area contributed by atoms with Crippen molar-refractivity contribution in [3.05, 3.63) is 64.1 Å². The number of carbonyl (C=O) groups excluding carboxylic acids is 2. The van der Waals surface area contributed by atoms with Crippen molar-refractivity contribution < 1.29 is 19.1 Å². The second-order valence-electron chi connectivity index (χ2n) is 5.65. The van der Waals surface area contributed by atoms with Gasteiger partial charge in [0, 0.05) is 11.1 Å². The van der Waals surface area contributed by atoms with Crippen LogP contribution in [0.2, 0.25) is 10.0 Å². The Kier molecular flexibility index (Phi) is 8.17. The number of benzene rings is 2. The smallest absolute Gasteiger partial charge is 0.279 e. The van der Waals surface area contributed by atoms with Crippen molar-refractivity contribution in [2.45, 2.75) is 20.0 Å². The predicted octanol–water partition coefficient (Wildman–Crippen LogP) is 4.02. The molecule has 0 bridgehead atoms. The summed E-state index contributed by atoms with van der Waals surface area (Å²) < 4.78 is 10.8. The predicted molar refractivity (Wildman–Crippen MR) is 109 cm³/mol. The molecule has 0 fully saturated rings. The molecule has 0 aliphatic rings. The van der Waals surface area contributed by atoms with E-state index < -0.39 is 17.9 Å². The lowest BCUT2D eigenvalue weighted by molar-refractivity contribution is -0.131. The van der Waals surface area contributed by atoms with Gasteiger partial charge < -0.3 is 9.47 Å². The summed E-state index contributed by atoms with van der Waals surface area (Å²) in [5, 5.41) is 0.746. The number of amides is 2. The van der Waals surface area contributed by atoms with Crippen LogP contribution in [0, 0.1) is 0 Å². The zero-order valence-electron chi connectivity index (χ0n) is 15.4. The van der Waals surface area contributed by atoms with Gasteiger partial charge >= 0.3 is 0 Å². The van der Waals surface area contributed by atoms with Gasteiger partial charge in [-0.05, 0) is 55.8 Å². The SMILES string of the molecule is CCOc1ccc(/C=C/C(=O)NNC(=O)C(C)Oc2ccc(Cl)cc2Cl)cc1. The number of halogens is 2. The zero-order valence-corrected chi connectivity index (χ0v) is 16.9. The molecule has 0 aliphatic heterocycles. The molecule has 2 rings (SSSR count). The maximum atomic E-state index is 12.0. The van der Waals surface area contributed by atoms with E-state index in [-0.39, 0.29) is 5.02 Å². The highest BCUT2D eigenvalue weighted by atomic mass is 35.5. The third kappa shape index (κ3) is 6.79. The summed E-state index contributed by atoms with van der Waals surface area (Å²) in [7, 11) is 0. The van der Waals surface area contributed by atoms with Crippen LogP contribution in [0.25, 0.3) is 6.08 Å². The Morgan fingerprint density at radius 3 is 2.46 bits per heavy atom. The maximum Gasteiger partial charge on any atom is 0.279 e. The van der Waals surface area contributed by atoms with Crippen LogP contribution in [0.5, 0.6) is 11.5 Å². The molecule has 2 N–H and O–H groups in total. The quantitative estimate of drug-likeness (QED) is 0.521. The topological polar surface area (TPSA) is 76.7 Å². The van der Waals surface area contributed by atoms with Crippen LogP contribution in [0.15, 0.2) is 48.5 Å². The number of hydrogen-bond acceptors (Lipinski definition) is 4. The van der Waals surface area contributed by atoms with Gasteiger partial charge in [0.2, 0.25) is 0 Å². The first-order valence-corrected chi connectivity index (χ1v) is 9.27. The minimum atomic E-state index is -0.880. The normalized spacial score (nSPS) is 11.7. The lowest BCUT2D eigenvalue weighted by Crippen LogP contribution is -2.46. The molecule has 148 valence electrons. The van der Waals surface area contributed by atoms with Gasteiger partial charge in [-0.2, -0.15) is 0 Å². The number of hydrazine groups is 1. The average molecular weight is 423 g/mol. The molecular weight excluding hydrogens is 403 g/mol. The van der Waals surface area contributed by atoms with Crippen LogP contribution >= 0.6 is 23.2 Å². The second kappa shape index (κ2) is 10.6. The molecule has 0 spiro atoms. The first kappa shape index (κ1) is 21.6. The molecule has 0 aliphatic carbocycles. The van der Waals surface area contributed by atoms with E-state index in [0.29, 0.717) is 17.4 Å². The highest BCUT2D eigenvalue weighted by Crippen LogP contribution is 2.28. The van der Waals surface area contributed by atoms with Crippen LogP contribution < -0.4 is 20.3 Å². The maximum absolute atomic E-state index is 12.0. The van der Waals surface area contributed by atoms with Gasteiger partial charge in [-0.1, -0.05) is 35.3 Å². The Hall–Kier alpha value is -2.70. The van der Waals surface area contributed by atoms with Crippen molar-refractivity contribution in [2.24, 2.45) is 0 Å². The summed E-state index contributed by atoms with van der Waals surface area (Å²) in [5.41, 5.74) is 5.40. The molecule has 0 saturated heterocycles. The lowest BCUT2D eigenvalue weighted by Gasteiger charge is -2.15. The largest absolute Gasteiger partial charge is 0.494 e. The fraction of sp³-hybridized carbons (Fsp3) is 0.200. The molecule has 2 aromatic rings. The lowest BCUT2D eigenvalue weighted by atomic mass is 10.2. The monoisotopic (exact) mass is 422 g/mol. The van der Waals surface area contributed by atoms with Crippen LogP contribution in [0.3, 0.4) is 0 Å². The molecule has 1 unspecified atom stereocenters. The molecule has 2 amide bonds. The van der Waals surface area contributed by atoms with Gasteiger partial charge in [-0.3, -0.25) is 20.4 Å². The van der Waals surface area contributed by atoms with Crippen molar-refractivity contribution in [1.82, 2.24) is 10.9 Å². The summed E-state index contributed by atoms with van der Waals surface area (Å²) in [6.07, 6.45) is 2.04. The van der Waals surface area contributed by atoms with E-state index in [1.54, 1.807) is 18.2 Å². The summed E-state index contributed by atoms with van der Waals surface area (Å²) in [5.74, 6) is 0.0503. The molecule has 2 aromatic carbocycles. The van der Waals surface area contributed by atoms with Crippen LogP contribution in [-0.4, -0.2) is 24.5 Å². The molecule has 6 nitrogen and oxygen atoms in total. The van der Waals surface area contributed by atoms with Crippen molar-refractivity contribution in [3.63, 3.8) is 0 Å². The molecule has 0 saturated carbocycles. The third-order valence-electron chi connectivity index (χ3n) is 3.49. The zero-order chi connectivity index (χ0) is 20.5. The van der Waals surface area contributed by atoms with Gasteiger partial charge in [-0.15, -0.1) is 0 Å². The van der Waals surface area contributed by atoms with Crippen molar-refractivity contribution in [1.29, 1.82) is 0 Å². The first-order chi connectivity index (χ1) is 13.4. The van der Waals surface area contributed by atoms with Crippen molar-refractivity contribution in [3.8, 4) is 11.5 Å². The van der Waals surface area contributed by atoms with Gasteiger partial charge in [0.1, 0.15) is 11.5 Å². The minimum Gasteiger partial charge on any atom is -0.494 e. The number of hydrogen-bond donors (Lipinski definition) is 2. The summed E-state index contributed by atoms with van der Waals surface area (Å²) in [6, 6.07) is 11.9. The van der Waals surface area contributed by atoms with Crippen LogP contribution in [-0.2, 0) is 9.59 Å². The molecule has 1 atom stereocenters. The third-order valence-corrected chi connectivity index (χ3v) is 4.02. The van der Waals surface area contributed by atoms with Gasteiger partial charge in [0.25, 0.3) is 11.8 Å². The highest BCUT2D eigenvalue weighted by molar-refractivity contribution is 6.35. The van der Waals surface area contributed by atoms with E-state index in [1.165, 1.54) is 19.1 Å². The van der Waals surface area contributed by atoms with Crippen molar-refractivity contribution in [2.75, 3.05) is 6.61 Å². The number of carbonyl (C=O) groups is 2. The van der Waals surface area contributed by atoms with Gasteiger partial charge in [0.05, 0.1) is 11.6 Å². The molecule has 0 aromatic heterocycles. The van der Waals surface area contributed by atoms with E-state index in [2.05, 4.69) is 10.9 Å². The molecule has 8 heteroatoms. The number of rotatable bonds is 7. The standard InChI is InChI=1S/C20H20Cl2N2O4/c1-3-27-16-8-4-14(5-9-16)6-11-19(25)23-24-20(26)13(2)28-18-10-7-15(21)12-17(18)22/h4-13H,3H2,1-2H3,(H,23,25)(H,24,26)/b11-6+. The van der Waals surface area contributed by atoms with E-state index in [0.717, 1.165) is 11.3 Å². The second-order valence-corrected chi connectivity index (χ2v) is 6.49. The molecule has 0 radical (unpaired) electrons. The molecule has 0 heterocycles. The molecule has 28 heavy (non-hydrogen) atoms. The Morgan fingerprint density at radius 1 is 1.11 bits per heavy atom. The first-order valence-electron chi connectivity index (χ1n) is 8.51. The minimum absolute atomic E-state index is 0.287. The average Bonchev–Trinajstić information content (AvgIpc) is 2.67. The Morgan fingerprint density at radius 2 is 1.82 bits per heavy atom. The molecular formula is C20H20Cl2N2O4. The Labute approximate surface area is 173 Å². The van der Waals surface area contributed by atoms with Gasteiger partial charge in [-0.25, -0.2) is 0 Å². The highest BCUT2D eigenvalue weighted by Gasteiger charge is 2.16. The fourth-order valence-corrected chi connectivity index (χ4v) is 2.55. The van der Waals surface area contributed by atoms with Crippen LogP contribution in [0.4, 0.5) is 0 Å².